The summed E-state index contributed by atoms with van der Waals surface area (Å²) in [5, 5.41) is 6.90. The number of sulfone groups is 1. The number of allylic oxidation sites excluding steroid dienone is 4. The van der Waals surface area contributed by atoms with Crippen LogP contribution in [0.3, 0.4) is 0 Å². The Morgan fingerprint density at radius 1 is 1.26 bits per heavy atom. The van der Waals surface area contributed by atoms with E-state index in [2.05, 4.69) is 22.5 Å². The molecular formula is C32H36ClFN4O4S. The van der Waals surface area contributed by atoms with Crippen LogP contribution in [0.25, 0.3) is 5.57 Å². The molecule has 43 heavy (non-hydrogen) atoms. The van der Waals surface area contributed by atoms with E-state index < -0.39 is 9.84 Å². The van der Waals surface area contributed by atoms with Gasteiger partial charge in [0.1, 0.15) is 45.4 Å². The van der Waals surface area contributed by atoms with Gasteiger partial charge in [0.2, 0.25) is 0 Å². The molecule has 1 aliphatic heterocycles. The fourth-order valence-electron chi connectivity index (χ4n) is 4.35. The lowest BCUT2D eigenvalue weighted by Crippen LogP contribution is -2.21. The van der Waals surface area contributed by atoms with E-state index >= 15 is 0 Å². The minimum Gasteiger partial charge on any atom is -0.489 e. The molecule has 1 aromatic heterocycles. The fourth-order valence-corrected chi connectivity index (χ4v) is 5.09. The molecule has 3 aromatic rings. The third-order valence-electron chi connectivity index (χ3n) is 6.80. The van der Waals surface area contributed by atoms with Crippen molar-refractivity contribution in [3.05, 3.63) is 100 Å². The Labute approximate surface area is 257 Å². The van der Waals surface area contributed by atoms with Crippen LogP contribution in [0.2, 0.25) is 5.02 Å². The molecule has 0 spiro atoms. The Morgan fingerprint density at radius 2 is 2.09 bits per heavy atom. The van der Waals surface area contributed by atoms with E-state index in [4.69, 9.17) is 25.7 Å². The first-order chi connectivity index (χ1) is 20.6. The normalized spacial score (nSPS) is 17.7. The van der Waals surface area contributed by atoms with Crippen molar-refractivity contribution in [1.29, 1.82) is 0 Å². The van der Waals surface area contributed by atoms with Gasteiger partial charge in [0, 0.05) is 47.5 Å². The second-order valence-electron chi connectivity index (χ2n) is 10.3. The lowest BCUT2D eigenvalue weighted by molar-refractivity contribution is 0.304. The highest BCUT2D eigenvalue weighted by atomic mass is 35.5. The summed E-state index contributed by atoms with van der Waals surface area (Å²) in [6, 6.07) is 15.3. The number of hydrogen-bond acceptors (Lipinski definition) is 7. The smallest absolute Gasteiger partial charge is 0.148 e. The molecule has 0 fully saturated rings. The number of amidine groups is 1. The highest BCUT2D eigenvalue weighted by molar-refractivity contribution is 7.90. The van der Waals surface area contributed by atoms with Gasteiger partial charge >= 0.3 is 0 Å². The minimum absolute atomic E-state index is 0.0864. The van der Waals surface area contributed by atoms with Crippen molar-refractivity contribution < 1.29 is 22.0 Å². The zero-order chi connectivity index (χ0) is 30.8. The predicted octanol–water partition coefficient (Wildman–Crippen LogP) is 6.85. The van der Waals surface area contributed by atoms with Crippen LogP contribution in [-0.4, -0.2) is 39.1 Å². The van der Waals surface area contributed by atoms with Crippen LogP contribution >= 0.6 is 11.6 Å². The molecule has 4 rings (SSSR count). The highest BCUT2D eigenvalue weighted by Crippen LogP contribution is 2.27. The molecular weight excluding hydrogens is 591 g/mol. The largest absolute Gasteiger partial charge is 0.489 e. The van der Waals surface area contributed by atoms with E-state index in [9.17, 15) is 12.8 Å². The van der Waals surface area contributed by atoms with Crippen LogP contribution in [0.5, 0.6) is 5.75 Å². The maximum Gasteiger partial charge on any atom is 0.148 e. The van der Waals surface area contributed by atoms with Gasteiger partial charge in [-0.15, -0.1) is 0 Å². The second kappa shape index (κ2) is 15.1. The van der Waals surface area contributed by atoms with E-state index in [0.29, 0.717) is 41.8 Å². The Bertz CT molecular complexity index is 1650. The van der Waals surface area contributed by atoms with Crippen molar-refractivity contribution in [3.8, 4) is 5.75 Å². The third-order valence-corrected chi connectivity index (χ3v) is 8.10. The molecule has 228 valence electrons. The maximum absolute atomic E-state index is 13.4. The van der Waals surface area contributed by atoms with Gasteiger partial charge in [-0.1, -0.05) is 36.7 Å². The Morgan fingerprint density at radius 3 is 2.84 bits per heavy atom. The maximum atomic E-state index is 13.4. The number of aliphatic imine (C=N–C) groups is 2. The highest BCUT2D eigenvalue weighted by Gasteiger charge is 2.18. The Kier molecular flexibility index (Phi) is 11.3. The van der Waals surface area contributed by atoms with Crippen LogP contribution in [0.4, 0.5) is 10.1 Å². The van der Waals surface area contributed by atoms with Crippen LogP contribution in [-0.2, 0) is 23.0 Å². The van der Waals surface area contributed by atoms with E-state index in [0.717, 1.165) is 34.8 Å². The van der Waals surface area contributed by atoms with Crippen molar-refractivity contribution in [3.63, 3.8) is 0 Å². The van der Waals surface area contributed by atoms with E-state index in [1.54, 1.807) is 24.5 Å². The number of furan rings is 1. The summed E-state index contributed by atoms with van der Waals surface area (Å²) in [6.07, 6.45) is 8.44. The van der Waals surface area contributed by atoms with Crippen molar-refractivity contribution in [1.82, 2.24) is 10.6 Å². The van der Waals surface area contributed by atoms with Crippen molar-refractivity contribution in [2.45, 2.75) is 39.8 Å². The quantitative estimate of drug-likeness (QED) is 0.213. The number of hydrogen-bond donors (Lipinski definition) is 2. The summed E-state index contributed by atoms with van der Waals surface area (Å²) in [6.45, 7) is 5.14. The third kappa shape index (κ3) is 10.2. The number of rotatable bonds is 12. The molecule has 1 aliphatic rings. The van der Waals surface area contributed by atoms with E-state index in [1.807, 2.05) is 43.3 Å². The zero-order valence-electron chi connectivity index (χ0n) is 24.4. The molecule has 1 unspecified atom stereocenters. The average Bonchev–Trinajstić information content (AvgIpc) is 3.35. The van der Waals surface area contributed by atoms with Crippen molar-refractivity contribution in [2.24, 2.45) is 15.9 Å². The number of nitrogens with zero attached hydrogens (tertiary/aromatic N) is 2. The molecule has 0 saturated carbocycles. The molecule has 0 bridgehead atoms. The molecule has 0 amide bonds. The monoisotopic (exact) mass is 626 g/mol. The molecule has 0 radical (unpaired) electrons. The van der Waals surface area contributed by atoms with Gasteiger partial charge in [0.25, 0.3) is 0 Å². The summed E-state index contributed by atoms with van der Waals surface area (Å²) in [5.74, 6) is 2.50. The first-order valence-corrected chi connectivity index (χ1v) is 16.4. The number of ether oxygens (including phenoxy) is 1. The van der Waals surface area contributed by atoms with Crippen LogP contribution in [0.15, 0.2) is 86.8 Å². The summed E-state index contributed by atoms with van der Waals surface area (Å²) in [7, 11) is -3.00. The number of nitrogens with one attached hydrogen (secondary N) is 2. The molecule has 8 nitrogen and oxygen atoms in total. The number of benzene rings is 2. The standard InChI is InChI=1S/C32H36ClFN4O4S/c1-4-23-16-32(38-26-10-9-24(29(33)18-26)20-41-27-7-5-6-25(34)17-27)37-21-36-30(23)12-8-22(2)31-13-11-28(42-31)19-35-14-15-43(3,39)40/h5-13,17-18,21,23,35H,4,14-16,19-20H2,1-3H3,(H,36,37,38)/b22-8+,30-12+. The zero-order valence-corrected chi connectivity index (χ0v) is 26.0. The summed E-state index contributed by atoms with van der Waals surface area (Å²) < 4.78 is 47.6. The van der Waals surface area contributed by atoms with Crippen LogP contribution in [0.1, 0.15) is 43.8 Å². The SMILES string of the molecule is CCC1CC(=Nc2ccc(COc3cccc(F)c3)c(Cl)c2)N=CN/C1=C/C=C(\C)c1ccc(CNCCS(C)(=O)=O)o1. The first kappa shape index (κ1) is 32.2. The van der Waals surface area contributed by atoms with E-state index in [-0.39, 0.29) is 24.1 Å². The lowest BCUT2D eigenvalue weighted by Gasteiger charge is -2.15. The summed E-state index contributed by atoms with van der Waals surface area (Å²) >= 11 is 6.50. The van der Waals surface area contributed by atoms with Gasteiger partial charge in [0.15, 0.2) is 0 Å². The van der Waals surface area contributed by atoms with Gasteiger partial charge < -0.3 is 19.8 Å². The fraction of sp³-hybridized carbons (Fsp3) is 0.312. The molecule has 2 heterocycles. The molecule has 11 heteroatoms. The molecule has 2 N–H and O–H groups in total. The van der Waals surface area contributed by atoms with Gasteiger partial charge in [-0.25, -0.2) is 22.8 Å². The van der Waals surface area contributed by atoms with Crippen molar-refractivity contribution in [2.75, 3.05) is 18.6 Å². The molecule has 0 saturated heterocycles. The number of halogens is 2. The Hall–Kier alpha value is -3.73. The average molecular weight is 627 g/mol. The minimum atomic E-state index is -3.00. The van der Waals surface area contributed by atoms with Crippen LogP contribution in [0, 0.1) is 11.7 Å². The molecule has 2 aromatic carbocycles. The first-order valence-electron chi connectivity index (χ1n) is 14.0. The topological polar surface area (TPSA) is 105 Å². The lowest BCUT2D eigenvalue weighted by atomic mass is 9.97. The van der Waals surface area contributed by atoms with Gasteiger partial charge in [-0.3, -0.25) is 0 Å². The van der Waals surface area contributed by atoms with E-state index in [1.165, 1.54) is 18.4 Å². The van der Waals surface area contributed by atoms with Gasteiger partial charge in [-0.05, 0) is 61.4 Å². The molecule has 1 atom stereocenters. The summed E-state index contributed by atoms with van der Waals surface area (Å²) in [4.78, 5) is 9.27. The summed E-state index contributed by atoms with van der Waals surface area (Å²) in [5.41, 5.74) is 3.43. The van der Waals surface area contributed by atoms with Gasteiger partial charge in [0.05, 0.1) is 24.3 Å². The Balaban J connectivity index is 1.37. The predicted molar refractivity (Wildman–Crippen MR) is 171 cm³/mol. The van der Waals surface area contributed by atoms with Crippen molar-refractivity contribution >= 4 is 44.9 Å². The van der Waals surface area contributed by atoms with Gasteiger partial charge in [-0.2, -0.15) is 0 Å². The van der Waals surface area contributed by atoms with Crippen LogP contribution < -0.4 is 15.4 Å². The second-order valence-corrected chi connectivity index (χ2v) is 13.0. The molecule has 0 aliphatic carbocycles.